The minimum Gasteiger partial charge on any atom is -0.351 e. The predicted octanol–water partition coefficient (Wildman–Crippen LogP) is 3.14. The van der Waals surface area contributed by atoms with Crippen molar-refractivity contribution in [3.63, 3.8) is 0 Å². The van der Waals surface area contributed by atoms with Crippen LogP contribution in [0.5, 0.6) is 0 Å². The van der Waals surface area contributed by atoms with Crippen molar-refractivity contribution in [1.29, 1.82) is 0 Å². The van der Waals surface area contributed by atoms with E-state index in [0.29, 0.717) is 21.5 Å². The van der Waals surface area contributed by atoms with Crippen LogP contribution in [0.25, 0.3) is 0 Å². The second-order valence-electron chi connectivity index (χ2n) is 3.68. The van der Waals surface area contributed by atoms with Crippen molar-refractivity contribution >= 4 is 37.8 Å². The van der Waals surface area contributed by atoms with Gasteiger partial charge in [-0.2, -0.15) is 15.0 Å². The quantitative estimate of drug-likeness (QED) is 0.902. The summed E-state index contributed by atoms with van der Waals surface area (Å²) in [6.45, 7) is 0. The first-order chi connectivity index (χ1) is 7.24. The molecule has 0 aliphatic heterocycles. The molecule has 15 heavy (non-hydrogen) atoms. The lowest BCUT2D eigenvalue weighted by atomic mass is 9.96. The van der Waals surface area contributed by atoms with Crippen LogP contribution in [-0.2, 0) is 0 Å². The Morgan fingerprint density at radius 2 is 1.53 bits per heavy atom. The molecule has 0 bridgehead atoms. The average molecular weight is 336 g/mol. The zero-order chi connectivity index (χ0) is 10.7. The van der Waals surface area contributed by atoms with E-state index in [9.17, 15) is 0 Å². The third kappa shape index (κ3) is 3.38. The van der Waals surface area contributed by atoms with Gasteiger partial charge in [0, 0.05) is 6.04 Å². The second kappa shape index (κ2) is 5.21. The molecule has 6 heteroatoms. The molecule has 1 saturated carbocycles. The normalized spacial score (nSPS) is 17.7. The molecule has 1 fully saturated rings. The van der Waals surface area contributed by atoms with Crippen molar-refractivity contribution in [1.82, 2.24) is 15.0 Å². The van der Waals surface area contributed by atoms with E-state index in [0.717, 1.165) is 0 Å². The lowest BCUT2D eigenvalue weighted by Crippen LogP contribution is -2.23. The van der Waals surface area contributed by atoms with Crippen LogP contribution in [0.15, 0.2) is 9.47 Å². The minimum absolute atomic E-state index is 0.514. The van der Waals surface area contributed by atoms with Gasteiger partial charge < -0.3 is 5.32 Å². The maximum Gasteiger partial charge on any atom is 0.227 e. The van der Waals surface area contributed by atoms with Gasteiger partial charge in [-0.25, -0.2) is 0 Å². The Bertz CT molecular complexity index is 319. The highest BCUT2D eigenvalue weighted by molar-refractivity contribution is 9.11. The Balaban J connectivity index is 2.02. The summed E-state index contributed by atoms with van der Waals surface area (Å²) >= 11 is 6.49. The first-order valence-corrected chi connectivity index (χ1v) is 6.66. The fourth-order valence-electron chi connectivity index (χ4n) is 1.82. The van der Waals surface area contributed by atoms with Crippen LogP contribution in [0.3, 0.4) is 0 Å². The Labute approximate surface area is 106 Å². The van der Waals surface area contributed by atoms with Crippen LogP contribution >= 0.6 is 31.9 Å². The molecule has 1 aromatic rings. The zero-order valence-electron chi connectivity index (χ0n) is 8.21. The predicted molar refractivity (Wildman–Crippen MR) is 65.7 cm³/mol. The monoisotopic (exact) mass is 334 g/mol. The molecule has 0 unspecified atom stereocenters. The number of rotatable bonds is 2. The van der Waals surface area contributed by atoms with Gasteiger partial charge in [-0.3, -0.25) is 0 Å². The Hall–Kier alpha value is -0.230. The molecular formula is C9H12Br2N4. The summed E-state index contributed by atoms with van der Waals surface area (Å²) in [5.74, 6) is 0.649. The van der Waals surface area contributed by atoms with E-state index >= 15 is 0 Å². The van der Waals surface area contributed by atoms with Gasteiger partial charge in [-0.1, -0.05) is 19.3 Å². The third-order valence-corrected chi connectivity index (χ3v) is 3.23. The summed E-state index contributed by atoms with van der Waals surface area (Å²) in [7, 11) is 0. The Morgan fingerprint density at radius 3 is 2.13 bits per heavy atom. The van der Waals surface area contributed by atoms with E-state index in [-0.39, 0.29) is 0 Å². The van der Waals surface area contributed by atoms with Crippen LogP contribution < -0.4 is 5.32 Å². The molecule has 2 rings (SSSR count). The maximum absolute atomic E-state index is 4.18. The van der Waals surface area contributed by atoms with E-state index in [1.165, 1.54) is 32.1 Å². The van der Waals surface area contributed by atoms with Crippen molar-refractivity contribution in [2.24, 2.45) is 0 Å². The van der Waals surface area contributed by atoms with Crippen molar-refractivity contribution in [2.75, 3.05) is 5.32 Å². The van der Waals surface area contributed by atoms with Gasteiger partial charge >= 0.3 is 0 Å². The van der Waals surface area contributed by atoms with Crippen molar-refractivity contribution in [3.8, 4) is 0 Å². The summed E-state index contributed by atoms with van der Waals surface area (Å²) in [5.41, 5.74) is 0. The maximum atomic E-state index is 4.18. The van der Waals surface area contributed by atoms with Crippen molar-refractivity contribution in [2.45, 2.75) is 38.1 Å². The highest BCUT2D eigenvalue weighted by atomic mass is 79.9. The summed E-state index contributed by atoms with van der Waals surface area (Å²) in [5, 5.41) is 3.34. The number of hydrogen-bond donors (Lipinski definition) is 1. The largest absolute Gasteiger partial charge is 0.351 e. The highest BCUT2D eigenvalue weighted by Gasteiger charge is 2.14. The number of hydrogen-bond acceptors (Lipinski definition) is 4. The van der Waals surface area contributed by atoms with Crippen molar-refractivity contribution in [3.05, 3.63) is 9.47 Å². The lowest BCUT2D eigenvalue weighted by Gasteiger charge is -2.22. The molecule has 0 amide bonds. The first kappa shape index (κ1) is 11.3. The van der Waals surface area contributed by atoms with Crippen LogP contribution in [0, 0.1) is 0 Å². The molecule has 0 aromatic carbocycles. The van der Waals surface area contributed by atoms with Crippen molar-refractivity contribution < 1.29 is 0 Å². The number of nitrogens with one attached hydrogen (secondary N) is 1. The summed E-state index contributed by atoms with van der Waals surface area (Å²) in [4.78, 5) is 12.4. The zero-order valence-corrected chi connectivity index (χ0v) is 11.4. The number of nitrogens with zero attached hydrogens (tertiary/aromatic N) is 3. The number of anilines is 1. The molecule has 0 spiro atoms. The number of aromatic nitrogens is 3. The van der Waals surface area contributed by atoms with Gasteiger partial charge in [-0.05, 0) is 44.7 Å². The van der Waals surface area contributed by atoms with E-state index in [1.54, 1.807) is 0 Å². The minimum atomic E-state index is 0.514. The summed E-state index contributed by atoms with van der Waals surface area (Å²) < 4.78 is 1.12. The van der Waals surface area contributed by atoms with E-state index in [1.807, 2.05) is 0 Å². The summed E-state index contributed by atoms with van der Waals surface area (Å²) in [6, 6.07) is 0.514. The molecule has 1 aliphatic carbocycles. The Kier molecular flexibility index (Phi) is 3.91. The molecule has 1 aromatic heterocycles. The topological polar surface area (TPSA) is 50.7 Å². The Morgan fingerprint density at radius 1 is 0.933 bits per heavy atom. The smallest absolute Gasteiger partial charge is 0.227 e. The first-order valence-electron chi connectivity index (χ1n) is 5.07. The van der Waals surface area contributed by atoms with Gasteiger partial charge in [0.25, 0.3) is 0 Å². The standard InChI is InChI=1S/C9H12Br2N4/c10-7-13-8(11)15-9(14-7)12-6-4-2-1-3-5-6/h6H,1-5H2,(H,12,13,14,15). The number of halogens is 2. The molecule has 1 heterocycles. The third-order valence-electron chi connectivity index (χ3n) is 2.52. The SMILES string of the molecule is Brc1nc(Br)nc(NC2CCCCC2)n1. The summed E-state index contributed by atoms with van der Waals surface area (Å²) in [6.07, 6.45) is 6.36. The van der Waals surface area contributed by atoms with Crippen LogP contribution in [0.4, 0.5) is 5.95 Å². The van der Waals surface area contributed by atoms with E-state index in [4.69, 9.17) is 0 Å². The van der Waals surface area contributed by atoms with Crippen LogP contribution in [-0.4, -0.2) is 21.0 Å². The van der Waals surface area contributed by atoms with Gasteiger partial charge in [0.1, 0.15) is 0 Å². The lowest BCUT2D eigenvalue weighted by molar-refractivity contribution is 0.460. The van der Waals surface area contributed by atoms with Crippen LogP contribution in [0.2, 0.25) is 0 Å². The molecule has 82 valence electrons. The van der Waals surface area contributed by atoms with Gasteiger partial charge in [-0.15, -0.1) is 0 Å². The fraction of sp³-hybridized carbons (Fsp3) is 0.667. The average Bonchev–Trinajstić information content (AvgIpc) is 2.17. The molecule has 0 atom stereocenters. The molecular weight excluding hydrogens is 324 g/mol. The van der Waals surface area contributed by atoms with E-state index < -0.39 is 0 Å². The van der Waals surface area contributed by atoms with Gasteiger partial charge in [0.2, 0.25) is 15.4 Å². The molecule has 1 N–H and O–H groups in total. The second-order valence-corrected chi connectivity index (χ2v) is 5.09. The molecule has 0 radical (unpaired) electrons. The van der Waals surface area contributed by atoms with Gasteiger partial charge in [0.15, 0.2) is 0 Å². The highest BCUT2D eigenvalue weighted by Crippen LogP contribution is 2.21. The van der Waals surface area contributed by atoms with E-state index in [2.05, 4.69) is 52.1 Å². The van der Waals surface area contributed by atoms with Gasteiger partial charge in [0.05, 0.1) is 0 Å². The molecule has 0 saturated heterocycles. The molecule has 4 nitrogen and oxygen atoms in total. The fourth-order valence-corrected chi connectivity index (χ4v) is 2.73. The molecule has 1 aliphatic rings. The van der Waals surface area contributed by atoms with Crippen LogP contribution in [0.1, 0.15) is 32.1 Å².